The van der Waals surface area contributed by atoms with Crippen molar-refractivity contribution in [3.05, 3.63) is 18.5 Å². The van der Waals surface area contributed by atoms with Gasteiger partial charge in [-0.3, -0.25) is 0 Å². The molecule has 0 bridgehead atoms. The van der Waals surface area contributed by atoms with Gasteiger partial charge in [-0.1, -0.05) is 0 Å². The Balaban J connectivity index is -0.00000000562. The third kappa shape index (κ3) is 556. The first kappa shape index (κ1) is 74.7. The van der Waals surface area contributed by atoms with Gasteiger partial charge in [0.15, 0.2) is 0 Å². The molecule has 20 heavy (non-hydrogen) atoms. The molecule has 20 heteroatoms. The molecule has 0 atom stereocenters. The van der Waals surface area contributed by atoms with Crippen molar-refractivity contribution >= 4 is 27.5 Å². The maximum atomic E-state index is 8.52. The zero-order valence-electron chi connectivity index (χ0n) is 9.40. The topological polar surface area (TPSA) is 281 Å². The molecule has 0 aliphatic carbocycles. The maximum Gasteiger partial charge on any atom is 3.00 e. The van der Waals surface area contributed by atoms with Crippen LogP contribution < -0.4 is 28.8 Å². The summed E-state index contributed by atoms with van der Waals surface area (Å²) in [5, 5.41) is 0. The minimum atomic E-state index is -3.63. The van der Waals surface area contributed by atoms with Crippen molar-refractivity contribution < 1.29 is 206 Å². The average Bonchev–Trinajstić information content (AvgIpc) is 1.54. The van der Waals surface area contributed by atoms with Crippen molar-refractivity contribution in [1.82, 2.24) is 0 Å². The molecule has 0 N–H and O–H groups in total. The zero-order valence-corrected chi connectivity index (χ0v) is 26.6. The van der Waals surface area contributed by atoms with E-state index in [4.69, 9.17) is 42.2 Å². The smallest absolute Gasteiger partial charge is 3.00 e. The number of hydrogen-bond acceptors (Lipinski definition) is 9. The fourth-order valence-electron chi connectivity index (χ4n) is 0. The van der Waals surface area contributed by atoms with Gasteiger partial charge in [0.1, 0.15) is 0 Å². The van der Waals surface area contributed by atoms with Crippen LogP contribution in [0.4, 0.5) is 0 Å². The standard InChI is InChI=1S/3N.3O3Si.5Y/c;;;3*1-4(2)3;;;;;/q3*-3;3*-2;5*+3. The van der Waals surface area contributed by atoms with E-state index in [2.05, 4.69) is 0 Å². The van der Waals surface area contributed by atoms with Crippen LogP contribution in [0.5, 0.6) is 0 Å². The van der Waals surface area contributed by atoms with Crippen molar-refractivity contribution in [1.29, 1.82) is 0 Å². The summed E-state index contributed by atoms with van der Waals surface area (Å²) in [6, 6.07) is 0. The van der Waals surface area contributed by atoms with Gasteiger partial charge in [0.2, 0.25) is 0 Å². The summed E-state index contributed by atoms with van der Waals surface area (Å²) in [6.07, 6.45) is 0. The first-order chi connectivity index (χ1) is 5.20. The minimum Gasteiger partial charge on any atom is -3.00 e. The van der Waals surface area contributed by atoms with Gasteiger partial charge in [-0.25, -0.2) is 0 Å². The van der Waals surface area contributed by atoms with Crippen molar-refractivity contribution in [2.45, 2.75) is 0 Å². The number of nitrogens with zero attached hydrogens (tertiary/aromatic N) is 3. The Morgan fingerprint density at radius 1 is 0.400 bits per heavy atom. The second-order valence-electron chi connectivity index (χ2n) is 0.750. The molecule has 0 rings (SSSR count). The summed E-state index contributed by atoms with van der Waals surface area (Å²) < 4.78 is 25.6. The van der Waals surface area contributed by atoms with Gasteiger partial charge in [-0.05, 0) is 0 Å². The second kappa shape index (κ2) is 65.6. The molecule has 0 aromatic carbocycles. The Labute approximate surface area is 246 Å². The maximum absolute atomic E-state index is 8.52. The van der Waals surface area contributed by atoms with E-state index in [0.717, 1.165) is 0 Å². The van der Waals surface area contributed by atoms with Gasteiger partial charge in [-0.15, -0.1) is 0 Å². The van der Waals surface area contributed by atoms with Crippen molar-refractivity contribution in [2.24, 2.45) is 0 Å². The van der Waals surface area contributed by atoms with E-state index in [-0.39, 0.29) is 182 Å². The molecule has 96 valence electrons. The summed E-state index contributed by atoms with van der Waals surface area (Å²) >= 11 is 0. The first-order valence-corrected chi connectivity index (χ1v) is 5.51. The van der Waals surface area contributed by atoms with Gasteiger partial charge in [0.05, 0.1) is 0 Å². The summed E-state index contributed by atoms with van der Waals surface area (Å²) in [5.74, 6) is 0. The Morgan fingerprint density at radius 3 is 0.400 bits per heavy atom. The molecule has 0 radical (unpaired) electrons. The number of rotatable bonds is 0. The molecule has 0 heterocycles. The second-order valence-corrected chi connectivity index (χ2v) is 2.25. The molecule has 0 aromatic heterocycles. The molecule has 0 saturated heterocycles. The van der Waals surface area contributed by atoms with Crippen molar-refractivity contribution in [2.75, 3.05) is 0 Å². The fourth-order valence-corrected chi connectivity index (χ4v) is 0. The molecular formula is N3O9Si3Y5. The minimum absolute atomic E-state index is 0. The van der Waals surface area contributed by atoms with Crippen LogP contribution in [0, 0.1) is 0 Å². The summed E-state index contributed by atoms with van der Waals surface area (Å²) in [7, 11) is -10.9. The molecule has 0 fully saturated rings. The Morgan fingerprint density at radius 2 is 0.400 bits per heavy atom. The van der Waals surface area contributed by atoms with Crippen LogP contribution in [0.3, 0.4) is 0 Å². The molecule has 0 unspecified atom stereocenters. The fraction of sp³-hybridized carbons (Fsp3) is 0. The third-order valence-electron chi connectivity index (χ3n) is 0. The molecule has 12 nitrogen and oxygen atoms in total. The van der Waals surface area contributed by atoms with Crippen LogP contribution >= 0.6 is 0 Å². The zero-order chi connectivity index (χ0) is 10.7. The van der Waals surface area contributed by atoms with Crippen molar-refractivity contribution in [3.8, 4) is 0 Å². The van der Waals surface area contributed by atoms with Crippen LogP contribution in [0.15, 0.2) is 0 Å². The van der Waals surface area contributed by atoms with Crippen LogP contribution in [0.25, 0.3) is 18.5 Å². The SMILES string of the molecule is O=[Si]([O-])[O-].O=[Si]([O-])[O-].O=[Si]([O-])[O-].[N-3].[N-3].[N-3].[Y+3].[Y+3].[Y+3].[Y+3].[Y+3]. The van der Waals surface area contributed by atoms with E-state index in [0.29, 0.717) is 0 Å². The first-order valence-electron chi connectivity index (χ1n) is 1.84. The predicted molar refractivity (Wildman–Crippen MR) is 29.4 cm³/mol. The molecule has 0 spiro atoms. The van der Waals surface area contributed by atoms with E-state index in [1.54, 1.807) is 0 Å². The van der Waals surface area contributed by atoms with Crippen LogP contribution in [0.1, 0.15) is 0 Å². The van der Waals surface area contributed by atoms with Crippen molar-refractivity contribution in [3.63, 3.8) is 0 Å². The molecule has 0 aromatic rings. The van der Waals surface area contributed by atoms with Crippen LogP contribution in [-0.2, 0) is 177 Å². The molecule has 0 amide bonds. The Kier molecular flexibility index (Phi) is 245. The Hall–Kier alpha value is 4.25. The van der Waals surface area contributed by atoms with Gasteiger partial charge < -0.3 is 60.6 Å². The number of hydrogen-bond donors (Lipinski definition) is 0. The van der Waals surface area contributed by atoms with Gasteiger partial charge >= 0.3 is 164 Å². The largest absolute Gasteiger partial charge is 3.00 e. The van der Waals surface area contributed by atoms with Crippen LogP contribution in [0.2, 0.25) is 0 Å². The van der Waals surface area contributed by atoms with Gasteiger partial charge in [-0.2, -0.15) is 0 Å². The summed E-state index contributed by atoms with van der Waals surface area (Å²) in [4.78, 5) is 51.1. The normalized spacial score (nSPS) is 3.60. The van der Waals surface area contributed by atoms with Crippen LogP contribution in [-0.4, -0.2) is 27.5 Å². The van der Waals surface area contributed by atoms with E-state index in [9.17, 15) is 0 Å². The quantitative estimate of drug-likeness (QED) is 0.215. The summed E-state index contributed by atoms with van der Waals surface area (Å²) in [6.45, 7) is 0. The molecule has 0 aliphatic heterocycles. The molecular weight excluding hydrogens is 715 g/mol. The Bertz CT molecular complexity index is 134. The monoisotopic (exact) mass is 714 g/mol. The molecule has 0 saturated carbocycles. The van der Waals surface area contributed by atoms with Gasteiger partial charge in [0.25, 0.3) is 0 Å². The predicted octanol–water partition coefficient (Wildman–Crippen LogP) is -7.78. The van der Waals surface area contributed by atoms with Gasteiger partial charge in [0, 0.05) is 27.5 Å². The summed E-state index contributed by atoms with van der Waals surface area (Å²) in [5.41, 5.74) is 0. The van der Waals surface area contributed by atoms with E-state index in [1.807, 2.05) is 0 Å². The average molecular weight is 715 g/mol. The van der Waals surface area contributed by atoms with E-state index >= 15 is 0 Å². The third-order valence-corrected chi connectivity index (χ3v) is 0. The molecule has 0 aliphatic rings. The van der Waals surface area contributed by atoms with E-state index in [1.165, 1.54) is 0 Å². The van der Waals surface area contributed by atoms with E-state index < -0.39 is 27.5 Å².